The third kappa shape index (κ3) is 8.61. The molecule has 0 spiro atoms. The second-order valence-electron chi connectivity index (χ2n) is 7.73. The Bertz CT molecular complexity index is 681. The molecule has 0 aromatic heterocycles. The van der Waals surface area contributed by atoms with E-state index >= 15 is 0 Å². The molecule has 1 aromatic carbocycles. The number of carboxylic acid groups (broad SMARTS) is 1. The summed E-state index contributed by atoms with van der Waals surface area (Å²) in [5.41, 5.74) is 0.0529. The van der Waals surface area contributed by atoms with Gasteiger partial charge in [-0.25, -0.2) is 13.6 Å². The molecule has 6 nitrogen and oxygen atoms in total. The number of rotatable bonds is 8. The average molecular weight is 384 g/mol. The number of hydrogen-bond donors (Lipinski definition) is 3. The number of amides is 2. The van der Waals surface area contributed by atoms with Crippen LogP contribution in [0.3, 0.4) is 0 Å². The maximum atomic E-state index is 13.4. The Labute approximate surface area is 157 Å². The lowest BCUT2D eigenvalue weighted by Gasteiger charge is -2.24. The third-order valence-electron chi connectivity index (χ3n) is 3.85. The highest BCUT2D eigenvalue weighted by molar-refractivity contribution is 5.90. The van der Waals surface area contributed by atoms with Crippen molar-refractivity contribution in [3.63, 3.8) is 0 Å². The van der Waals surface area contributed by atoms with E-state index in [-0.39, 0.29) is 23.8 Å². The third-order valence-corrected chi connectivity index (χ3v) is 3.85. The normalized spacial score (nSPS) is 13.6. The molecule has 2 amide bonds. The van der Waals surface area contributed by atoms with Gasteiger partial charge < -0.3 is 15.7 Å². The van der Waals surface area contributed by atoms with Crippen molar-refractivity contribution >= 4 is 17.8 Å². The fourth-order valence-electron chi connectivity index (χ4n) is 2.53. The molecule has 8 heteroatoms. The van der Waals surface area contributed by atoms with Crippen molar-refractivity contribution in [2.75, 3.05) is 0 Å². The van der Waals surface area contributed by atoms with E-state index in [1.807, 2.05) is 20.8 Å². The summed E-state index contributed by atoms with van der Waals surface area (Å²) >= 11 is 0. The van der Waals surface area contributed by atoms with Crippen LogP contribution < -0.4 is 10.6 Å². The van der Waals surface area contributed by atoms with Gasteiger partial charge in [-0.2, -0.15) is 0 Å². The monoisotopic (exact) mass is 384 g/mol. The molecule has 0 heterocycles. The summed E-state index contributed by atoms with van der Waals surface area (Å²) < 4.78 is 26.7. The molecule has 27 heavy (non-hydrogen) atoms. The SMILES string of the molecule is CC(=O)NC(Cc1cc(F)cc(F)c1)C(=O)NC(CCC(C)(C)C)C(=O)O. The van der Waals surface area contributed by atoms with E-state index < -0.39 is 41.5 Å². The van der Waals surface area contributed by atoms with Crippen LogP contribution in [0.25, 0.3) is 0 Å². The zero-order valence-corrected chi connectivity index (χ0v) is 15.9. The molecule has 0 fully saturated rings. The number of carboxylic acids is 1. The smallest absolute Gasteiger partial charge is 0.326 e. The number of carbonyl (C=O) groups is 3. The van der Waals surface area contributed by atoms with Gasteiger partial charge in [0.15, 0.2) is 0 Å². The molecule has 1 aromatic rings. The van der Waals surface area contributed by atoms with Crippen LogP contribution in [0.15, 0.2) is 18.2 Å². The molecule has 0 saturated carbocycles. The Morgan fingerprint density at radius 2 is 1.59 bits per heavy atom. The first kappa shape index (κ1) is 22.5. The van der Waals surface area contributed by atoms with Crippen molar-refractivity contribution in [2.45, 2.75) is 59.0 Å². The lowest BCUT2D eigenvalue weighted by molar-refractivity contribution is -0.142. The lowest BCUT2D eigenvalue weighted by Crippen LogP contribution is -2.52. The second-order valence-corrected chi connectivity index (χ2v) is 7.73. The fraction of sp³-hybridized carbons (Fsp3) is 0.526. The maximum absolute atomic E-state index is 13.4. The largest absolute Gasteiger partial charge is 0.480 e. The van der Waals surface area contributed by atoms with Gasteiger partial charge in [0.05, 0.1) is 0 Å². The summed E-state index contributed by atoms with van der Waals surface area (Å²) in [6.07, 6.45) is 0.599. The van der Waals surface area contributed by atoms with Gasteiger partial charge >= 0.3 is 5.97 Å². The van der Waals surface area contributed by atoms with Gasteiger partial charge in [-0.15, -0.1) is 0 Å². The van der Waals surface area contributed by atoms with Crippen molar-refractivity contribution in [2.24, 2.45) is 5.41 Å². The maximum Gasteiger partial charge on any atom is 0.326 e. The minimum absolute atomic E-state index is 0.117. The number of nitrogens with one attached hydrogen (secondary N) is 2. The molecular weight excluding hydrogens is 358 g/mol. The van der Waals surface area contributed by atoms with Crippen LogP contribution in [0.4, 0.5) is 8.78 Å². The Balaban J connectivity index is 2.92. The highest BCUT2D eigenvalue weighted by Crippen LogP contribution is 2.21. The number of benzene rings is 1. The van der Waals surface area contributed by atoms with Crippen molar-refractivity contribution in [1.29, 1.82) is 0 Å². The predicted molar refractivity (Wildman–Crippen MR) is 95.9 cm³/mol. The number of aliphatic carboxylic acids is 1. The fourth-order valence-corrected chi connectivity index (χ4v) is 2.53. The van der Waals surface area contributed by atoms with Gasteiger partial charge in [0.2, 0.25) is 11.8 Å². The van der Waals surface area contributed by atoms with Gasteiger partial charge in [0.1, 0.15) is 23.7 Å². The molecule has 0 bridgehead atoms. The Morgan fingerprint density at radius 1 is 1.04 bits per heavy atom. The van der Waals surface area contributed by atoms with Crippen molar-refractivity contribution < 1.29 is 28.3 Å². The molecule has 0 aliphatic rings. The Morgan fingerprint density at radius 3 is 2.04 bits per heavy atom. The Hall–Kier alpha value is -2.51. The van der Waals surface area contributed by atoms with Crippen LogP contribution in [0.2, 0.25) is 0 Å². The van der Waals surface area contributed by atoms with Crippen molar-refractivity contribution in [1.82, 2.24) is 10.6 Å². The van der Waals surface area contributed by atoms with E-state index in [9.17, 15) is 28.3 Å². The summed E-state index contributed by atoms with van der Waals surface area (Å²) in [7, 11) is 0. The molecule has 0 aliphatic carbocycles. The standard InChI is InChI=1S/C19H26F2N2O4/c1-11(24)22-16(9-12-7-13(20)10-14(21)8-12)17(25)23-15(18(26)27)5-6-19(2,3)4/h7-8,10,15-16H,5-6,9H2,1-4H3,(H,22,24)(H,23,25)(H,26,27). The van der Waals surface area contributed by atoms with Crippen LogP contribution in [0.5, 0.6) is 0 Å². The van der Waals surface area contributed by atoms with Gasteiger partial charge in [-0.1, -0.05) is 20.8 Å². The number of carbonyl (C=O) groups excluding carboxylic acids is 2. The van der Waals surface area contributed by atoms with Gasteiger partial charge in [0.25, 0.3) is 0 Å². The molecule has 0 radical (unpaired) electrons. The molecule has 2 atom stereocenters. The topological polar surface area (TPSA) is 95.5 Å². The first-order valence-electron chi connectivity index (χ1n) is 8.62. The summed E-state index contributed by atoms with van der Waals surface area (Å²) in [6, 6.07) is 0.528. The summed E-state index contributed by atoms with van der Waals surface area (Å²) in [5.74, 6) is -4.04. The van der Waals surface area contributed by atoms with Gasteiger partial charge in [-0.3, -0.25) is 9.59 Å². The van der Waals surface area contributed by atoms with Crippen LogP contribution in [-0.2, 0) is 20.8 Å². The summed E-state index contributed by atoms with van der Waals surface area (Å²) in [5, 5.41) is 14.1. The Kier molecular flexibility index (Phi) is 7.87. The van der Waals surface area contributed by atoms with Crippen molar-refractivity contribution in [3.8, 4) is 0 Å². The van der Waals surface area contributed by atoms with Crippen LogP contribution in [0.1, 0.15) is 46.1 Å². The van der Waals surface area contributed by atoms with Crippen LogP contribution in [-0.4, -0.2) is 35.0 Å². The van der Waals surface area contributed by atoms with E-state index in [0.717, 1.165) is 12.1 Å². The van der Waals surface area contributed by atoms with Crippen LogP contribution >= 0.6 is 0 Å². The predicted octanol–water partition coefficient (Wildman–Crippen LogP) is 2.41. The number of halogens is 2. The van der Waals surface area contributed by atoms with E-state index in [0.29, 0.717) is 12.5 Å². The highest BCUT2D eigenvalue weighted by atomic mass is 19.1. The van der Waals surface area contributed by atoms with Gasteiger partial charge in [0, 0.05) is 19.4 Å². The minimum Gasteiger partial charge on any atom is -0.480 e. The van der Waals surface area contributed by atoms with Gasteiger partial charge in [-0.05, 0) is 36.0 Å². The van der Waals surface area contributed by atoms with E-state index in [1.165, 1.54) is 6.92 Å². The second kappa shape index (κ2) is 9.43. The molecule has 150 valence electrons. The first-order valence-corrected chi connectivity index (χ1v) is 8.62. The van der Waals surface area contributed by atoms with E-state index in [2.05, 4.69) is 10.6 Å². The van der Waals surface area contributed by atoms with Crippen molar-refractivity contribution in [3.05, 3.63) is 35.4 Å². The van der Waals surface area contributed by atoms with Crippen LogP contribution in [0, 0.1) is 17.0 Å². The lowest BCUT2D eigenvalue weighted by atomic mass is 9.88. The first-order chi connectivity index (χ1) is 12.4. The highest BCUT2D eigenvalue weighted by Gasteiger charge is 2.27. The zero-order valence-electron chi connectivity index (χ0n) is 15.9. The molecule has 3 N–H and O–H groups in total. The molecule has 1 rings (SSSR count). The molecule has 0 aliphatic heterocycles. The van der Waals surface area contributed by atoms with E-state index in [4.69, 9.17) is 0 Å². The average Bonchev–Trinajstić information content (AvgIpc) is 2.47. The zero-order chi connectivity index (χ0) is 20.8. The minimum atomic E-state index is -1.19. The van der Waals surface area contributed by atoms with E-state index in [1.54, 1.807) is 0 Å². The molecule has 0 saturated heterocycles. The molecular formula is C19H26F2N2O4. The number of hydrogen-bond acceptors (Lipinski definition) is 3. The molecule has 2 unspecified atom stereocenters. The summed E-state index contributed by atoms with van der Waals surface area (Å²) in [4.78, 5) is 35.4. The quantitative estimate of drug-likeness (QED) is 0.641. The summed E-state index contributed by atoms with van der Waals surface area (Å²) in [6.45, 7) is 7.05.